The van der Waals surface area contributed by atoms with Gasteiger partial charge in [0.1, 0.15) is 5.75 Å². The molecule has 1 atom stereocenters. The van der Waals surface area contributed by atoms with E-state index in [2.05, 4.69) is 55.5 Å². The predicted octanol–water partition coefficient (Wildman–Crippen LogP) is 8.12. The summed E-state index contributed by atoms with van der Waals surface area (Å²) in [7, 11) is 0. The van der Waals surface area contributed by atoms with Crippen LogP contribution >= 0.6 is 0 Å². The second kappa shape index (κ2) is 14.7. The van der Waals surface area contributed by atoms with Crippen LogP contribution in [-0.4, -0.2) is 31.9 Å². The summed E-state index contributed by atoms with van der Waals surface area (Å²) < 4.78 is 17.3. The third-order valence-electron chi connectivity index (χ3n) is 7.33. The third kappa shape index (κ3) is 7.48. The van der Waals surface area contributed by atoms with Crippen LogP contribution < -0.4 is 4.74 Å². The zero-order valence-electron chi connectivity index (χ0n) is 23.0. The molecule has 1 aliphatic carbocycles. The van der Waals surface area contributed by atoms with Gasteiger partial charge in [0.05, 0.1) is 13.2 Å². The van der Waals surface area contributed by atoms with Crippen molar-refractivity contribution in [1.29, 1.82) is 0 Å². The first-order valence-electron chi connectivity index (χ1n) is 14.4. The molecular weight excluding hydrogens is 472 g/mol. The molecule has 4 nitrogen and oxygen atoms in total. The average molecular weight is 515 g/mol. The number of fused-ring (bicyclic) bond motifs is 3. The van der Waals surface area contributed by atoms with Gasteiger partial charge in [0, 0.05) is 18.9 Å². The molecule has 0 saturated heterocycles. The van der Waals surface area contributed by atoms with E-state index < -0.39 is 6.10 Å². The van der Waals surface area contributed by atoms with Gasteiger partial charge in [-0.25, -0.2) is 4.79 Å². The van der Waals surface area contributed by atoms with E-state index in [4.69, 9.17) is 14.2 Å². The van der Waals surface area contributed by atoms with Gasteiger partial charge in [0.2, 0.25) is 0 Å². The van der Waals surface area contributed by atoms with Crippen LogP contribution in [0.5, 0.6) is 5.75 Å². The van der Waals surface area contributed by atoms with Crippen molar-refractivity contribution in [2.45, 2.75) is 77.2 Å². The third-order valence-corrected chi connectivity index (χ3v) is 7.33. The van der Waals surface area contributed by atoms with Gasteiger partial charge in [-0.05, 0) is 66.1 Å². The number of hydrogen-bond acceptors (Lipinski definition) is 4. The molecule has 0 aliphatic heterocycles. The number of benzene rings is 3. The molecule has 202 valence electrons. The molecule has 0 fully saturated rings. The molecule has 38 heavy (non-hydrogen) atoms. The average Bonchev–Trinajstić information content (AvgIpc) is 3.27. The number of ether oxygens (including phenoxy) is 3. The molecule has 4 heteroatoms. The minimum absolute atomic E-state index is 0.281. The van der Waals surface area contributed by atoms with E-state index in [1.165, 1.54) is 41.5 Å². The Hall–Kier alpha value is -3.11. The number of hydrogen-bond donors (Lipinski definition) is 0. The summed E-state index contributed by atoms with van der Waals surface area (Å²) in [5.41, 5.74) is 6.63. The van der Waals surface area contributed by atoms with E-state index in [1.807, 2.05) is 31.2 Å². The summed E-state index contributed by atoms with van der Waals surface area (Å²) in [6.07, 6.45) is 7.77. The van der Waals surface area contributed by atoms with Crippen LogP contribution in [0.3, 0.4) is 0 Å². The van der Waals surface area contributed by atoms with Crippen molar-refractivity contribution in [1.82, 2.24) is 0 Å². The Labute approximate surface area is 228 Å². The zero-order chi connectivity index (χ0) is 26.6. The molecule has 0 radical (unpaired) electrons. The monoisotopic (exact) mass is 514 g/mol. The van der Waals surface area contributed by atoms with Gasteiger partial charge in [-0.3, -0.25) is 0 Å². The van der Waals surface area contributed by atoms with Crippen molar-refractivity contribution >= 4 is 5.97 Å². The van der Waals surface area contributed by atoms with Gasteiger partial charge >= 0.3 is 5.97 Å². The molecule has 3 aromatic rings. The van der Waals surface area contributed by atoms with Crippen LogP contribution in [0.2, 0.25) is 0 Å². The van der Waals surface area contributed by atoms with Gasteiger partial charge in [0.25, 0.3) is 0 Å². The number of carbonyl (C=O) groups is 1. The molecule has 0 spiro atoms. The fraction of sp³-hybridized carbons (Fsp3) is 0.441. The van der Waals surface area contributed by atoms with Crippen molar-refractivity contribution in [2.75, 3.05) is 19.8 Å². The van der Waals surface area contributed by atoms with Gasteiger partial charge in [0.15, 0.2) is 6.10 Å². The summed E-state index contributed by atoms with van der Waals surface area (Å²) in [6, 6.07) is 25.5. The largest absolute Gasteiger partial charge is 0.494 e. The normalized spacial score (nSPS) is 13.1. The predicted molar refractivity (Wildman–Crippen MR) is 154 cm³/mol. The Morgan fingerprint density at radius 3 is 2.08 bits per heavy atom. The topological polar surface area (TPSA) is 44.8 Å². The second-order valence-corrected chi connectivity index (χ2v) is 10.1. The Balaban J connectivity index is 1.25. The maximum Gasteiger partial charge on any atom is 0.335 e. The zero-order valence-corrected chi connectivity index (χ0v) is 23.0. The first kappa shape index (κ1) is 27.9. The van der Waals surface area contributed by atoms with Crippen LogP contribution in [-0.2, 0) is 20.7 Å². The van der Waals surface area contributed by atoms with Crippen LogP contribution in [0.25, 0.3) is 11.1 Å². The molecule has 0 aromatic heterocycles. The lowest BCUT2D eigenvalue weighted by molar-refractivity contribution is -0.156. The fourth-order valence-electron chi connectivity index (χ4n) is 5.36. The maximum absolute atomic E-state index is 12.4. The Morgan fingerprint density at radius 2 is 1.42 bits per heavy atom. The van der Waals surface area contributed by atoms with Crippen molar-refractivity contribution in [3.05, 3.63) is 89.5 Å². The van der Waals surface area contributed by atoms with E-state index in [0.29, 0.717) is 32.2 Å². The highest BCUT2D eigenvalue weighted by Crippen LogP contribution is 2.46. The lowest BCUT2D eigenvalue weighted by atomic mass is 9.92. The summed E-state index contributed by atoms with van der Waals surface area (Å²) in [4.78, 5) is 12.4. The van der Waals surface area contributed by atoms with Crippen LogP contribution in [0.15, 0.2) is 72.8 Å². The van der Waals surface area contributed by atoms with Crippen LogP contribution in [0, 0.1) is 0 Å². The minimum atomic E-state index is -0.565. The quantitative estimate of drug-likeness (QED) is 0.143. The lowest BCUT2D eigenvalue weighted by Crippen LogP contribution is -2.29. The fourth-order valence-corrected chi connectivity index (χ4v) is 5.36. The first-order chi connectivity index (χ1) is 18.7. The van der Waals surface area contributed by atoms with Crippen molar-refractivity contribution < 1.29 is 19.0 Å². The van der Waals surface area contributed by atoms with E-state index in [1.54, 1.807) is 0 Å². The Morgan fingerprint density at radius 1 is 0.763 bits per heavy atom. The van der Waals surface area contributed by atoms with Crippen molar-refractivity contribution in [3.8, 4) is 16.9 Å². The number of carbonyl (C=O) groups excluding carboxylic acids is 1. The number of unbranched alkanes of at least 4 members (excludes halogenated alkanes) is 4. The van der Waals surface area contributed by atoms with E-state index >= 15 is 0 Å². The van der Waals surface area contributed by atoms with E-state index in [9.17, 15) is 4.79 Å². The van der Waals surface area contributed by atoms with E-state index in [0.717, 1.165) is 37.0 Å². The molecule has 0 N–H and O–H groups in total. The Kier molecular flexibility index (Phi) is 10.8. The Bertz CT molecular complexity index is 1090. The van der Waals surface area contributed by atoms with Gasteiger partial charge < -0.3 is 14.2 Å². The SMILES string of the molecule is CCCCCCCOC(Cc1ccc(OCCCC2c3ccccc3-c3ccccc32)cc1)C(=O)OCC. The van der Waals surface area contributed by atoms with E-state index in [-0.39, 0.29) is 5.97 Å². The minimum Gasteiger partial charge on any atom is -0.494 e. The highest BCUT2D eigenvalue weighted by atomic mass is 16.6. The molecule has 0 heterocycles. The molecule has 0 bridgehead atoms. The number of rotatable bonds is 16. The molecule has 1 aliphatic rings. The highest BCUT2D eigenvalue weighted by Gasteiger charge is 2.27. The summed E-state index contributed by atoms with van der Waals surface area (Å²) in [6.45, 7) is 5.66. The second-order valence-electron chi connectivity index (χ2n) is 10.1. The van der Waals surface area contributed by atoms with Crippen molar-refractivity contribution in [3.63, 3.8) is 0 Å². The van der Waals surface area contributed by atoms with Gasteiger partial charge in [-0.1, -0.05) is 93.3 Å². The molecule has 3 aromatic carbocycles. The summed E-state index contributed by atoms with van der Waals surface area (Å²) >= 11 is 0. The van der Waals surface area contributed by atoms with Crippen LogP contribution in [0.1, 0.15) is 81.4 Å². The standard InChI is InChI=1S/C34H42O4/c1-3-5-6-7-12-23-38-33(34(35)36-4-2)25-26-19-21-27(22-20-26)37-24-13-18-32-30-16-10-8-14-28(30)29-15-9-11-17-31(29)32/h8-11,14-17,19-22,32-33H,3-7,12-13,18,23-25H2,1-2H3. The highest BCUT2D eigenvalue weighted by molar-refractivity contribution is 5.78. The summed E-state index contributed by atoms with van der Waals surface area (Å²) in [5.74, 6) is 1.00. The summed E-state index contributed by atoms with van der Waals surface area (Å²) in [5, 5.41) is 0. The lowest BCUT2D eigenvalue weighted by Gasteiger charge is -2.17. The molecule has 0 saturated carbocycles. The van der Waals surface area contributed by atoms with Gasteiger partial charge in [-0.15, -0.1) is 0 Å². The van der Waals surface area contributed by atoms with Gasteiger partial charge in [-0.2, -0.15) is 0 Å². The molecular formula is C34H42O4. The molecule has 1 unspecified atom stereocenters. The molecule has 0 amide bonds. The smallest absolute Gasteiger partial charge is 0.335 e. The maximum atomic E-state index is 12.4. The number of esters is 1. The van der Waals surface area contributed by atoms with Crippen molar-refractivity contribution in [2.24, 2.45) is 0 Å². The molecule has 4 rings (SSSR count). The first-order valence-corrected chi connectivity index (χ1v) is 14.4. The van der Waals surface area contributed by atoms with Crippen LogP contribution in [0.4, 0.5) is 0 Å².